The number of carbonyl (C=O) groups is 1. The van der Waals surface area contributed by atoms with Gasteiger partial charge in [-0.05, 0) is 5.41 Å². The molecule has 0 aromatic heterocycles. The van der Waals surface area contributed by atoms with Gasteiger partial charge < -0.3 is 14.7 Å². The van der Waals surface area contributed by atoms with Gasteiger partial charge in [0.1, 0.15) is 0 Å². The lowest BCUT2D eigenvalue weighted by atomic mass is 9.90. The highest BCUT2D eigenvalue weighted by Crippen LogP contribution is 2.23. The molecule has 0 aromatic carbocycles. The Kier molecular flexibility index (Phi) is 4.55. The topological polar surface area (TPSA) is 49.8 Å². The number of nitrogens with zero attached hydrogens (tertiary/aromatic N) is 1. The largest absolute Gasteiger partial charge is 0.388 e. The van der Waals surface area contributed by atoms with E-state index >= 15 is 0 Å². The molecule has 1 N–H and O–H groups in total. The minimum absolute atomic E-state index is 0.0103. The van der Waals surface area contributed by atoms with Crippen LogP contribution in [0.3, 0.4) is 0 Å². The van der Waals surface area contributed by atoms with Crippen molar-refractivity contribution in [3.63, 3.8) is 0 Å². The lowest BCUT2D eigenvalue weighted by Gasteiger charge is -2.36. The van der Waals surface area contributed by atoms with Crippen LogP contribution in [0.5, 0.6) is 0 Å². The minimum atomic E-state index is -0.763. The molecule has 1 rings (SSSR count). The molecule has 1 fully saturated rings. The Morgan fingerprint density at radius 2 is 1.88 bits per heavy atom. The smallest absolute Gasteiger partial charge is 0.222 e. The first-order valence-corrected chi connectivity index (χ1v) is 6.26. The molecular formula is C13H25NO3. The molecule has 4 heteroatoms. The Balaban J connectivity index is 2.47. The van der Waals surface area contributed by atoms with Gasteiger partial charge >= 0.3 is 0 Å². The number of hydrogen-bond donors (Lipinski definition) is 1. The standard InChI is InChI=1S/C13H25NO3/c1-12(2,3)9-11(15)14(4)10-13(16)5-7-17-8-6-13/h16H,5-10H2,1-4H3. The molecular weight excluding hydrogens is 218 g/mol. The maximum absolute atomic E-state index is 12.0. The molecule has 1 aliphatic heterocycles. The molecule has 0 saturated carbocycles. The highest BCUT2D eigenvalue weighted by molar-refractivity contribution is 5.76. The Morgan fingerprint density at radius 1 is 1.35 bits per heavy atom. The van der Waals surface area contributed by atoms with Gasteiger partial charge in [0.25, 0.3) is 0 Å². The van der Waals surface area contributed by atoms with Crippen LogP contribution < -0.4 is 0 Å². The molecule has 1 heterocycles. The van der Waals surface area contributed by atoms with Crippen LogP contribution >= 0.6 is 0 Å². The van der Waals surface area contributed by atoms with Crippen LogP contribution in [-0.4, -0.2) is 48.3 Å². The second-order valence-electron chi connectivity index (χ2n) is 6.32. The molecule has 0 spiro atoms. The van der Waals surface area contributed by atoms with E-state index in [2.05, 4.69) is 0 Å². The van der Waals surface area contributed by atoms with E-state index in [1.807, 2.05) is 20.8 Å². The van der Waals surface area contributed by atoms with E-state index in [4.69, 9.17) is 4.74 Å². The zero-order valence-electron chi connectivity index (χ0n) is 11.5. The summed E-state index contributed by atoms with van der Waals surface area (Å²) in [5, 5.41) is 10.3. The first-order valence-electron chi connectivity index (χ1n) is 6.26. The average molecular weight is 243 g/mol. The SMILES string of the molecule is CN(CC1(O)CCOCC1)C(=O)CC(C)(C)C. The Hall–Kier alpha value is -0.610. The quantitative estimate of drug-likeness (QED) is 0.815. The van der Waals surface area contributed by atoms with Gasteiger partial charge in [-0.15, -0.1) is 0 Å². The predicted molar refractivity (Wildman–Crippen MR) is 66.7 cm³/mol. The second-order valence-corrected chi connectivity index (χ2v) is 6.32. The fraction of sp³-hybridized carbons (Fsp3) is 0.923. The van der Waals surface area contributed by atoms with Gasteiger partial charge in [-0.3, -0.25) is 4.79 Å². The molecule has 1 aliphatic rings. The van der Waals surface area contributed by atoms with Gasteiger partial charge in [0.05, 0.1) is 5.60 Å². The predicted octanol–water partition coefficient (Wildman–Crippen LogP) is 1.42. The first kappa shape index (κ1) is 14.5. The summed E-state index contributed by atoms with van der Waals surface area (Å²) in [6.07, 6.45) is 1.73. The summed E-state index contributed by atoms with van der Waals surface area (Å²) < 4.78 is 5.22. The summed E-state index contributed by atoms with van der Waals surface area (Å²) in [6.45, 7) is 7.70. The first-order chi connectivity index (χ1) is 7.72. The van der Waals surface area contributed by atoms with Crippen molar-refractivity contribution in [1.82, 2.24) is 4.90 Å². The van der Waals surface area contributed by atoms with Crippen molar-refractivity contribution in [2.24, 2.45) is 5.41 Å². The Morgan fingerprint density at radius 3 is 2.35 bits per heavy atom. The fourth-order valence-corrected chi connectivity index (χ4v) is 2.03. The van der Waals surface area contributed by atoms with Crippen molar-refractivity contribution in [3.8, 4) is 0 Å². The molecule has 0 bridgehead atoms. The summed E-state index contributed by atoms with van der Waals surface area (Å²) in [5.41, 5.74) is -0.774. The van der Waals surface area contributed by atoms with Gasteiger partial charge in [-0.2, -0.15) is 0 Å². The molecule has 0 atom stereocenters. The average Bonchev–Trinajstić information content (AvgIpc) is 2.15. The summed E-state index contributed by atoms with van der Waals surface area (Å²) in [5.74, 6) is 0.0948. The summed E-state index contributed by atoms with van der Waals surface area (Å²) in [4.78, 5) is 13.6. The number of ether oxygens (including phenoxy) is 1. The van der Waals surface area contributed by atoms with Gasteiger partial charge in [-0.1, -0.05) is 20.8 Å². The minimum Gasteiger partial charge on any atom is -0.388 e. The molecule has 0 unspecified atom stereocenters. The van der Waals surface area contributed by atoms with Crippen LogP contribution in [0.25, 0.3) is 0 Å². The Labute approximate surface area is 104 Å². The van der Waals surface area contributed by atoms with Gasteiger partial charge in [0.2, 0.25) is 5.91 Å². The number of likely N-dealkylation sites (N-methyl/N-ethyl adjacent to an activating group) is 1. The van der Waals surface area contributed by atoms with Crippen LogP contribution in [-0.2, 0) is 9.53 Å². The third kappa shape index (κ3) is 5.04. The molecule has 100 valence electrons. The maximum Gasteiger partial charge on any atom is 0.222 e. The molecule has 17 heavy (non-hydrogen) atoms. The number of rotatable bonds is 3. The van der Waals surface area contributed by atoms with Crippen molar-refractivity contribution in [1.29, 1.82) is 0 Å². The lowest BCUT2D eigenvalue weighted by Crippen LogP contribution is -2.47. The molecule has 0 aromatic rings. The van der Waals surface area contributed by atoms with E-state index < -0.39 is 5.60 Å². The highest BCUT2D eigenvalue weighted by Gasteiger charge is 2.32. The van der Waals surface area contributed by atoms with Gasteiger partial charge in [0.15, 0.2) is 0 Å². The van der Waals surface area contributed by atoms with E-state index in [0.717, 1.165) is 0 Å². The highest BCUT2D eigenvalue weighted by atomic mass is 16.5. The molecule has 0 aliphatic carbocycles. The van der Waals surface area contributed by atoms with E-state index in [0.29, 0.717) is 39.0 Å². The van der Waals surface area contributed by atoms with E-state index in [9.17, 15) is 9.90 Å². The van der Waals surface area contributed by atoms with E-state index in [-0.39, 0.29) is 11.3 Å². The zero-order chi connectivity index (χ0) is 13.1. The van der Waals surface area contributed by atoms with Gasteiger partial charge in [-0.25, -0.2) is 0 Å². The van der Waals surface area contributed by atoms with Crippen molar-refractivity contribution < 1.29 is 14.6 Å². The van der Waals surface area contributed by atoms with Gasteiger partial charge in [0, 0.05) is 46.1 Å². The molecule has 1 saturated heterocycles. The zero-order valence-corrected chi connectivity index (χ0v) is 11.5. The molecule has 4 nitrogen and oxygen atoms in total. The number of amides is 1. The van der Waals surface area contributed by atoms with E-state index in [1.165, 1.54) is 0 Å². The van der Waals surface area contributed by atoms with Crippen LogP contribution in [0.2, 0.25) is 0 Å². The fourth-order valence-electron chi connectivity index (χ4n) is 2.03. The van der Waals surface area contributed by atoms with Crippen LogP contribution in [0.4, 0.5) is 0 Å². The number of carbonyl (C=O) groups excluding carboxylic acids is 1. The number of aliphatic hydroxyl groups is 1. The second kappa shape index (κ2) is 5.36. The lowest BCUT2D eigenvalue weighted by molar-refractivity contribution is -0.138. The summed E-state index contributed by atoms with van der Waals surface area (Å²) in [6, 6.07) is 0. The Bertz CT molecular complexity index is 264. The molecule has 0 radical (unpaired) electrons. The summed E-state index contributed by atoms with van der Waals surface area (Å²) in [7, 11) is 1.77. The van der Waals surface area contributed by atoms with Crippen LogP contribution in [0, 0.1) is 5.41 Å². The van der Waals surface area contributed by atoms with Crippen molar-refractivity contribution in [2.45, 2.75) is 45.6 Å². The monoisotopic (exact) mass is 243 g/mol. The van der Waals surface area contributed by atoms with Crippen molar-refractivity contribution in [2.75, 3.05) is 26.8 Å². The van der Waals surface area contributed by atoms with E-state index in [1.54, 1.807) is 11.9 Å². The van der Waals surface area contributed by atoms with Crippen molar-refractivity contribution in [3.05, 3.63) is 0 Å². The van der Waals surface area contributed by atoms with Crippen molar-refractivity contribution >= 4 is 5.91 Å². The third-order valence-electron chi connectivity index (χ3n) is 3.06. The molecule has 1 amide bonds. The normalized spacial score (nSPS) is 20.1. The van der Waals surface area contributed by atoms with Crippen LogP contribution in [0.15, 0.2) is 0 Å². The van der Waals surface area contributed by atoms with Crippen LogP contribution in [0.1, 0.15) is 40.0 Å². The summed E-state index contributed by atoms with van der Waals surface area (Å²) >= 11 is 0. The third-order valence-corrected chi connectivity index (χ3v) is 3.06. The number of hydrogen-bond acceptors (Lipinski definition) is 3. The maximum atomic E-state index is 12.0.